The van der Waals surface area contributed by atoms with Crippen molar-refractivity contribution in [1.29, 1.82) is 0 Å². The molecule has 2 aliphatic rings. The lowest BCUT2D eigenvalue weighted by atomic mass is 9.74. The van der Waals surface area contributed by atoms with Crippen LogP contribution in [-0.2, 0) is 9.59 Å². The zero-order chi connectivity index (χ0) is 18.8. The molecule has 0 bridgehead atoms. The lowest BCUT2D eigenvalue weighted by molar-refractivity contribution is -0.121. The third-order valence-corrected chi connectivity index (χ3v) is 4.25. The number of rotatable bonds is 2. The number of aryl methyl sites for hydroxylation is 1. The summed E-state index contributed by atoms with van der Waals surface area (Å²) in [5.74, 6) is 0.353. The molecule has 0 spiro atoms. The maximum atomic E-state index is 12.2. The second-order valence-electron chi connectivity index (χ2n) is 6.59. The summed E-state index contributed by atoms with van der Waals surface area (Å²) in [7, 11) is 0. The number of aldehydes is 1. The molecule has 1 aliphatic heterocycles. The fourth-order valence-electron chi connectivity index (χ4n) is 2.71. The predicted octanol–water partition coefficient (Wildman–Crippen LogP) is 4.69. The van der Waals surface area contributed by atoms with E-state index in [9.17, 15) is 18.4 Å². The number of hydrogen-bond acceptors (Lipinski definition) is 2. The number of amides is 1. The highest BCUT2D eigenvalue weighted by atomic mass is 19.1. The van der Waals surface area contributed by atoms with Gasteiger partial charge in [-0.05, 0) is 56.2 Å². The minimum atomic E-state index is -0.521. The highest BCUT2D eigenvalue weighted by Crippen LogP contribution is 2.33. The van der Waals surface area contributed by atoms with Gasteiger partial charge >= 0.3 is 0 Å². The first kappa shape index (κ1) is 21.0. The Bertz CT molecular complexity index is 531. The van der Waals surface area contributed by atoms with E-state index >= 15 is 0 Å². The van der Waals surface area contributed by atoms with Crippen molar-refractivity contribution in [2.45, 2.75) is 52.4 Å². The molecule has 1 heterocycles. The third kappa shape index (κ3) is 8.57. The van der Waals surface area contributed by atoms with E-state index in [1.54, 1.807) is 6.92 Å². The zero-order valence-electron chi connectivity index (χ0n) is 15.0. The second kappa shape index (κ2) is 10.7. The minimum Gasteiger partial charge on any atom is -0.330 e. The maximum absolute atomic E-state index is 12.2. The normalized spacial score (nSPS) is 21.6. The summed E-state index contributed by atoms with van der Waals surface area (Å²) >= 11 is 0. The molecule has 0 atom stereocenters. The van der Waals surface area contributed by atoms with Gasteiger partial charge in [0.25, 0.3) is 0 Å². The standard InChI is InChI=1S/C7H6F2.C7H12O.C6H9NO/c1-5-2-6(8)4-7(9)3-5;1-2-6-3-7(4-6)5-8;1-5-3-2-4-6(8)7-5/h2-4H,1H3;5-7H,2-4H2,1H3;1-4H2,(H,7,8). The van der Waals surface area contributed by atoms with Crippen LogP contribution in [0.15, 0.2) is 30.5 Å². The van der Waals surface area contributed by atoms with Crippen molar-refractivity contribution in [1.82, 2.24) is 5.32 Å². The van der Waals surface area contributed by atoms with Gasteiger partial charge in [0.05, 0.1) is 0 Å². The number of nitrogens with one attached hydrogen (secondary N) is 1. The second-order valence-corrected chi connectivity index (χ2v) is 6.59. The highest BCUT2D eigenvalue weighted by molar-refractivity contribution is 5.78. The molecular formula is C20H27F2NO2. The summed E-state index contributed by atoms with van der Waals surface area (Å²) < 4.78 is 24.4. The van der Waals surface area contributed by atoms with E-state index in [0.29, 0.717) is 17.9 Å². The quantitative estimate of drug-likeness (QED) is 0.786. The smallest absolute Gasteiger partial charge is 0.224 e. The summed E-state index contributed by atoms with van der Waals surface area (Å²) in [6, 6.07) is 3.42. The average molecular weight is 351 g/mol. The van der Waals surface area contributed by atoms with Crippen LogP contribution in [-0.4, -0.2) is 12.2 Å². The molecule has 1 amide bonds. The Labute approximate surface area is 148 Å². The van der Waals surface area contributed by atoms with Crippen LogP contribution in [0.5, 0.6) is 0 Å². The van der Waals surface area contributed by atoms with Gasteiger partial charge in [-0.2, -0.15) is 0 Å². The van der Waals surface area contributed by atoms with Gasteiger partial charge in [0.15, 0.2) is 0 Å². The highest BCUT2D eigenvalue weighted by Gasteiger charge is 2.26. The first-order valence-corrected chi connectivity index (χ1v) is 8.69. The lowest BCUT2D eigenvalue weighted by Crippen LogP contribution is -2.25. The van der Waals surface area contributed by atoms with E-state index in [0.717, 1.165) is 49.7 Å². The molecule has 138 valence electrons. The number of halogens is 2. The lowest BCUT2D eigenvalue weighted by Gasteiger charge is -2.30. The van der Waals surface area contributed by atoms with E-state index in [4.69, 9.17) is 0 Å². The van der Waals surface area contributed by atoms with Crippen molar-refractivity contribution in [3.63, 3.8) is 0 Å². The summed E-state index contributed by atoms with van der Waals surface area (Å²) in [4.78, 5) is 20.6. The molecule has 1 aromatic carbocycles. The molecule has 0 unspecified atom stereocenters. The molecule has 3 rings (SSSR count). The van der Waals surface area contributed by atoms with Crippen molar-refractivity contribution < 1.29 is 18.4 Å². The molecule has 2 fully saturated rings. The number of carbonyl (C=O) groups is 2. The summed E-state index contributed by atoms with van der Waals surface area (Å²) in [6.45, 7) is 7.46. The van der Waals surface area contributed by atoms with E-state index in [1.807, 2.05) is 0 Å². The molecular weight excluding hydrogens is 324 g/mol. The minimum absolute atomic E-state index is 0.112. The van der Waals surface area contributed by atoms with E-state index in [-0.39, 0.29) is 5.91 Å². The fourth-order valence-corrected chi connectivity index (χ4v) is 2.71. The van der Waals surface area contributed by atoms with E-state index in [2.05, 4.69) is 18.8 Å². The van der Waals surface area contributed by atoms with Crippen LogP contribution in [0, 0.1) is 30.4 Å². The summed E-state index contributed by atoms with van der Waals surface area (Å²) in [5.41, 5.74) is 1.47. The van der Waals surface area contributed by atoms with Crippen molar-refractivity contribution in [2.24, 2.45) is 11.8 Å². The monoisotopic (exact) mass is 351 g/mol. The maximum Gasteiger partial charge on any atom is 0.224 e. The molecule has 3 nitrogen and oxygen atoms in total. The Morgan fingerprint density at radius 3 is 2.16 bits per heavy atom. The molecule has 0 aromatic heterocycles. The van der Waals surface area contributed by atoms with Crippen molar-refractivity contribution in [2.75, 3.05) is 0 Å². The van der Waals surface area contributed by atoms with Gasteiger partial charge in [-0.15, -0.1) is 0 Å². The molecule has 0 radical (unpaired) electrons. The van der Waals surface area contributed by atoms with Crippen LogP contribution in [0.4, 0.5) is 8.78 Å². The number of benzene rings is 1. The van der Waals surface area contributed by atoms with E-state index in [1.165, 1.54) is 18.6 Å². The van der Waals surface area contributed by atoms with Crippen LogP contribution in [0.3, 0.4) is 0 Å². The van der Waals surface area contributed by atoms with Gasteiger partial charge < -0.3 is 10.1 Å². The van der Waals surface area contributed by atoms with Gasteiger partial charge in [0.1, 0.15) is 17.9 Å². The van der Waals surface area contributed by atoms with Gasteiger partial charge in [-0.25, -0.2) is 8.78 Å². The zero-order valence-corrected chi connectivity index (χ0v) is 15.0. The largest absolute Gasteiger partial charge is 0.330 e. The molecule has 25 heavy (non-hydrogen) atoms. The Hall–Kier alpha value is -2.04. The first-order valence-electron chi connectivity index (χ1n) is 8.69. The Balaban J connectivity index is 0.000000188. The Morgan fingerprint density at radius 1 is 1.20 bits per heavy atom. The molecule has 1 saturated heterocycles. The molecule has 1 aliphatic carbocycles. The first-order chi connectivity index (χ1) is 11.8. The van der Waals surface area contributed by atoms with Crippen LogP contribution in [0.25, 0.3) is 0 Å². The van der Waals surface area contributed by atoms with Gasteiger partial charge in [0.2, 0.25) is 5.91 Å². The molecule has 1 saturated carbocycles. The Morgan fingerprint density at radius 2 is 1.80 bits per heavy atom. The summed E-state index contributed by atoms with van der Waals surface area (Å²) in [5, 5.41) is 2.65. The van der Waals surface area contributed by atoms with Gasteiger partial charge in [-0.1, -0.05) is 19.9 Å². The van der Waals surface area contributed by atoms with E-state index < -0.39 is 11.6 Å². The van der Waals surface area contributed by atoms with Crippen molar-refractivity contribution >= 4 is 12.2 Å². The topological polar surface area (TPSA) is 46.2 Å². The van der Waals surface area contributed by atoms with Gasteiger partial charge in [0, 0.05) is 24.1 Å². The molecule has 5 heteroatoms. The van der Waals surface area contributed by atoms with Crippen LogP contribution >= 0.6 is 0 Å². The number of carbonyl (C=O) groups excluding carboxylic acids is 2. The van der Waals surface area contributed by atoms with Crippen molar-refractivity contribution in [3.8, 4) is 0 Å². The van der Waals surface area contributed by atoms with Crippen LogP contribution in [0.2, 0.25) is 0 Å². The predicted molar refractivity (Wildman–Crippen MR) is 94.8 cm³/mol. The number of piperidine rings is 1. The van der Waals surface area contributed by atoms with Crippen LogP contribution < -0.4 is 5.32 Å². The Kier molecular flexibility index (Phi) is 9.03. The fraction of sp³-hybridized carbons (Fsp3) is 0.500. The van der Waals surface area contributed by atoms with Gasteiger partial charge in [-0.3, -0.25) is 4.79 Å². The number of allylic oxidation sites excluding steroid dienone is 1. The SMILES string of the molecule is C=C1CCCC(=O)N1.CCC1CC(C=O)C1.Cc1cc(F)cc(F)c1. The summed E-state index contributed by atoms with van der Waals surface area (Å²) in [6.07, 6.45) is 7.23. The van der Waals surface area contributed by atoms with Crippen LogP contribution in [0.1, 0.15) is 51.0 Å². The molecule has 1 N–H and O–H groups in total. The average Bonchev–Trinajstić information content (AvgIpc) is 2.46. The number of hydrogen-bond donors (Lipinski definition) is 1. The van der Waals surface area contributed by atoms with Crippen molar-refractivity contribution in [3.05, 3.63) is 47.7 Å². The molecule has 1 aromatic rings. The third-order valence-electron chi connectivity index (χ3n) is 4.25.